The molecule has 0 amide bonds. The summed E-state index contributed by atoms with van der Waals surface area (Å²) in [5.74, 6) is -7.27. The van der Waals surface area contributed by atoms with Crippen LogP contribution in [0.2, 0.25) is 0 Å². The van der Waals surface area contributed by atoms with Crippen molar-refractivity contribution in [2.75, 3.05) is 0 Å². The lowest BCUT2D eigenvalue weighted by molar-refractivity contribution is 0.103. The lowest BCUT2D eigenvalue weighted by atomic mass is 9.99. The van der Waals surface area contributed by atoms with Crippen LogP contribution in [-0.2, 0) is 0 Å². The van der Waals surface area contributed by atoms with Crippen LogP contribution in [-0.4, -0.2) is 41.5 Å². The van der Waals surface area contributed by atoms with Gasteiger partial charge in [0.15, 0.2) is 11.5 Å². The minimum atomic E-state index is -1.15. The van der Waals surface area contributed by atoms with E-state index in [1.54, 1.807) is 0 Å². The fourth-order valence-corrected chi connectivity index (χ4v) is 1.77. The fraction of sp³-hybridized carbons (Fsp3) is 0. The molecule has 2 aromatic rings. The molecule has 0 unspecified atom stereocenters. The zero-order valence-corrected chi connectivity index (χ0v) is 10.3. The molecule has 8 heteroatoms. The lowest BCUT2D eigenvalue weighted by Gasteiger charge is -2.11. The molecule has 0 aliphatic rings. The maximum Gasteiger partial charge on any atom is 0.205 e. The van der Waals surface area contributed by atoms with E-state index in [1.807, 2.05) is 0 Å². The minimum absolute atomic E-state index is 0.498. The number of phenols is 7. The van der Waals surface area contributed by atoms with Gasteiger partial charge in [-0.25, -0.2) is 0 Å². The van der Waals surface area contributed by atoms with E-state index in [-0.39, 0.29) is 0 Å². The van der Waals surface area contributed by atoms with Crippen molar-refractivity contribution in [1.29, 1.82) is 0 Å². The first-order valence-electron chi connectivity index (χ1n) is 5.50. The molecule has 0 atom stereocenters. The molecule has 0 saturated carbocycles. The summed E-state index contributed by atoms with van der Waals surface area (Å²) in [6.45, 7) is 0. The number of hydrogen-bond donors (Lipinski definition) is 7. The molecule has 0 fully saturated rings. The van der Waals surface area contributed by atoms with Crippen LogP contribution in [0.4, 0.5) is 0 Å². The zero-order valence-electron chi connectivity index (χ0n) is 10.3. The highest BCUT2D eigenvalue weighted by Crippen LogP contribution is 2.45. The molecular formula is C13H10O8. The largest absolute Gasteiger partial charge is 0.508 e. The van der Waals surface area contributed by atoms with Gasteiger partial charge in [0.05, 0.1) is 5.56 Å². The summed E-state index contributed by atoms with van der Waals surface area (Å²) in [6.07, 6.45) is 0. The van der Waals surface area contributed by atoms with Crippen LogP contribution in [0.15, 0.2) is 18.2 Å². The SMILES string of the molecule is O=C(c1cc(O)c(O)c(O)c1O)c1c(O)cc(O)cc1O. The number of carbonyl (C=O) groups is 1. The van der Waals surface area contributed by atoms with Crippen molar-refractivity contribution in [3.05, 3.63) is 29.3 Å². The van der Waals surface area contributed by atoms with Crippen LogP contribution in [0.25, 0.3) is 0 Å². The molecule has 7 N–H and O–H groups in total. The van der Waals surface area contributed by atoms with Gasteiger partial charge < -0.3 is 35.7 Å². The molecule has 8 nitrogen and oxygen atoms in total. The van der Waals surface area contributed by atoms with Crippen LogP contribution < -0.4 is 0 Å². The maximum atomic E-state index is 12.2. The quantitative estimate of drug-likeness (QED) is 0.244. The van der Waals surface area contributed by atoms with Crippen LogP contribution in [0.3, 0.4) is 0 Å². The molecule has 0 aliphatic carbocycles. The van der Waals surface area contributed by atoms with Crippen molar-refractivity contribution in [3.63, 3.8) is 0 Å². The summed E-state index contributed by atoms with van der Waals surface area (Å²) in [5.41, 5.74) is -1.33. The first-order valence-corrected chi connectivity index (χ1v) is 5.50. The molecule has 0 heterocycles. The second-order valence-corrected chi connectivity index (χ2v) is 4.18. The van der Waals surface area contributed by atoms with Crippen LogP contribution >= 0.6 is 0 Å². The van der Waals surface area contributed by atoms with Gasteiger partial charge in [-0.15, -0.1) is 0 Å². The van der Waals surface area contributed by atoms with E-state index in [1.165, 1.54) is 0 Å². The highest BCUT2D eigenvalue weighted by Gasteiger charge is 2.26. The number of phenolic OH excluding ortho intramolecular Hbond substituents is 7. The number of ketones is 1. The topological polar surface area (TPSA) is 159 Å². The minimum Gasteiger partial charge on any atom is -0.508 e. The van der Waals surface area contributed by atoms with E-state index in [0.717, 1.165) is 12.1 Å². The summed E-state index contributed by atoms with van der Waals surface area (Å²) in [7, 11) is 0. The predicted octanol–water partition coefficient (Wildman–Crippen LogP) is 0.857. The van der Waals surface area contributed by atoms with Gasteiger partial charge >= 0.3 is 0 Å². The normalized spacial score (nSPS) is 10.5. The molecule has 2 rings (SSSR count). The first-order chi connectivity index (χ1) is 9.73. The Kier molecular flexibility index (Phi) is 3.14. The Balaban J connectivity index is 2.67. The van der Waals surface area contributed by atoms with Crippen molar-refractivity contribution in [1.82, 2.24) is 0 Å². The first kappa shape index (κ1) is 14.1. The number of hydrogen-bond acceptors (Lipinski definition) is 8. The Hall–Kier alpha value is -3.29. The van der Waals surface area contributed by atoms with E-state index in [2.05, 4.69) is 0 Å². The molecule has 0 spiro atoms. The van der Waals surface area contributed by atoms with Gasteiger partial charge in [0.25, 0.3) is 0 Å². The Morgan fingerprint density at radius 1 is 0.667 bits per heavy atom. The van der Waals surface area contributed by atoms with Crippen molar-refractivity contribution < 1.29 is 40.5 Å². The van der Waals surface area contributed by atoms with Crippen LogP contribution in [0.1, 0.15) is 15.9 Å². The van der Waals surface area contributed by atoms with Gasteiger partial charge in [0, 0.05) is 12.1 Å². The van der Waals surface area contributed by atoms with Gasteiger partial charge in [-0.2, -0.15) is 0 Å². The molecule has 110 valence electrons. The number of rotatable bonds is 2. The molecule has 0 aliphatic heterocycles. The molecule has 0 bridgehead atoms. The molecule has 0 saturated heterocycles. The van der Waals surface area contributed by atoms with E-state index in [9.17, 15) is 35.4 Å². The zero-order chi connectivity index (χ0) is 15.9. The highest BCUT2D eigenvalue weighted by atomic mass is 16.3. The predicted molar refractivity (Wildman–Crippen MR) is 68.0 cm³/mol. The Morgan fingerprint density at radius 2 is 1.19 bits per heavy atom. The van der Waals surface area contributed by atoms with Crippen molar-refractivity contribution in [2.45, 2.75) is 0 Å². The maximum absolute atomic E-state index is 12.2. The Morgan fingerprint density at radius 3 is 1.71 bits per heavy atom. The summed E-state index contributed by atoms with van der Waals surface area (Å²) in [4.78, 5) is 12.2. The summed E-state index contributed by atoms with van der Waals surface area (Å²) < 4.78 is 0. The highest BCUT2D eigenvalue weighted by molar-refractivity contribution is 6.14. The van der Waals surface area contributed by atoms with Gasteiger partial charge in [0.1, 0.15) is 22.8 Å². The Bertz CT molecular complexity index is 727. The smallest absolute Gasteiger partial charge is 0.205 e. The van der Waals surface area contributed by atoms with Crippen LogP contribution in [0, 0.1) is 0 Å². The third-order valence-corrected chi connectivity index (χ3v) is 2.78. The second-order valence-electron chi connectivity index (χ2n) is 4.18. The van der Waals surface area contributed by atoms with Crippen LogP contribution in [0.5, 0.6) is 40.2 Å². The monoisotopic (exact) mass is 294 g/mol. The standard InChI is InChI=1S/C13H10O8/c14-4-1-6(15)9(7(16)2-4)10(18)5-3-8(17)12(20)13(21)11(5)19/h1-3,14-17,19-21H. The summed E-state index contributed by atoms with van der Waals surface area (Å²) in [6, 6.07) is 2.21. The van der Waals surface area contributed by atoms with E-state index < -0.39 is 57.2 Å². The van der Waals surface area contributed by atoms with Crippen molar-refractivity contribution >= 4 is 5.78 Å². The lowest BCUT2D eigenvalue weighted by Crippen LogP contribution is -2.03. The Labute approximate surface area is 117 Å². The third kappa shape index (κ3) is 2.18. The average Bonchev–Trinajstić information content (AvgIpc) is 2.39. The molecule has 2 aromatic carbocycles. The van der Waals surface area contributed by atoms with Gasteiger partial charge in [-0.3, -0.25) is 4.79 Å². The fourth-order valence-electron chi connectivity index (χ4n) is 1.77. The van der Waals surface area contributed by atoms with Crippen molar-refractivity contribution in [2.24, 2.45) is 0 Å². The van der Waals surface area contributed by atoms with E-state index in [4.69, 9.17) is 5.11 Å². The van der Waals surface area contributed by atoms with Gasteiger partial charge in [0.2, 0.25) is 17.3 Å². The molecule has 21 heavy (non-hydrogen) atoms. The average molecular weight is 294 g/mol. The summed E-state index contributed by atoms with van der Waals surface area (Å²) >= 11 is 0. The van der Waals surface area contributed by atoms with Gasteiger partial charge in [-0.05, 0) is 6.07 Å². The molecule has 0 radical (unpaired) electrons. The van der Waals surface area contributed by atoms with Crippen molar-refractivity contribution in [3.8, 4) is 40.2 Å². The number of aromatic hydroxyl groups is 7. The van der Waals surface area contributed by atoms with E-state index >= 15 is 0 Å². The third-order valence-electron chi connectivity index (χ3n) is 2.78. The number of benzene rings is 2. The number of carbonyl (C=O) groups excluding carboxylic acids is 1. The summed E-state index contributed by atoms with van der Waals surface area (Å²) in [5, 5.41) is 65.9. The molecule has 0 aromatic heterocycles. The van der Waals surface area contributed by atoms with E-state index in [0.29, 0.717) is 6.07 Å². The second kappa shape index (κ2) is 4.67. The molecular weight excluding hydrogens is 284 g/mol. The van der Waals surface area contributed by atoms with Gasteiger partial charge in [-0.1, -0.05) is 0 Å².